The Bertz CT molecular complexity index is 6630. The fourth-order valence-electron chi connectivity index (χ4n) is 17.4. The molecule has 137 heavy (non-hydrogen) atoms. The van der Waals surface area contributed by atoms with Crippen molar-refractivity contribution in [3.05, 3.63) is 326 Å². The minimum absolute atomic E-state index is 0.0113. The van der Waals surface area contributed by atoms with E-state index in [0.717, 1.165) is 200 Å². The van der Waals surface area contributed by atoms with Gasteiger partial charge in [-0.05, 0) is 217 Å². The van der Waals surface area contributed by atoms with Crippen LogP contribution in [0.5, 0.6) is 0 Å². The van der Waals surface area contributed by atoms with Gasteiger partial charge in [0.25, 0.3) is 0 Å². The van der Waals surface area contributed by atoms with Crippen molar-refractivity contribution >= 4 is 5.91 Å². The van der Waals surface area contributed by atoms with E-state index in [9.17, 15) is 18.0 Å². The molecule has 0 aliphatic carbocycles. The summed E-state index contributed by atoms with van der Waals surface area (Å²) in [5.41, 5.74) is 24.5. The number of likely N-dealkylation sites (tertiary alicyclic amines) is 1. The van der Waals surface area contributed by atoms with Gasteiger partial charge in [-0.25, -0.2) is 39.9 Å². The molecule has 3 fully saturated rings. The Morgan fingerprint density at radius 3 is 0.912 bits per heavy atom. The van der Waals surface area contributed by atoms with E-state index in [-0.39, 0.29) is 53.9 Å². The Labute approximate surface area is 796 Å². The summed E-state index contributed by atoms with van der Waals surface area (Å²) < 4.78 is 41.2. The number of carbonyl (C=O) groups is 1. The zero-order valence-electron chi connectivity index (χ0n) is 78.9. The first-order valence-corrected chi connectivity index (χ1v) is 47.2. The van der Waals surface area contributed by atoms with E-state index in [0.29, 0.717) is 23.9 Å². The molecule has 0 saturated carbocycles. The topological polar surface area (TPSA) is 334 Å². The van der Waals surface area contributed by atoms with Gasteiger partial charge in [0.15, 0.2) is 0 Å². The van der Waals surface area contributed by atoms with E-state index < -0.39 is 11.9 Å². The monoisotopic (exact) mass is 1840 g/mol. The highest BCUT2D eigenvalue weighted by molar-refractivity contribution is 5.79. The number of hydrogen-bond acceptors (Lipinski definition) is 16. The molecule has 9 aromatic carbocycles. The fourth-order valence-corrected chi connectivity index (χ4v) is 17.4. The van der Waals surface area contributed by atoms with Crippen molar-refractivity contribution in [3.63, 3.8) is 0 Å². The van der Waals surface area contributed by atoms with E-state index in [4.69, 9.17) is 4.98 Å². The van der Waals surface area contributed by atoms with Crippen LogP contribution in [0.1, 0.15) is 186 Å². The number of benzene rings is 9. The summed E-state index contributed by atoms with van der Waals surface area (Å²) in [4.78, 5) is 77.5. The highest BCUT2D eigenvalue weighted by Gasteiger charge is 2.39. The maximum absolute atomic E-state index is 13.7. The summed E-state index contributed by atoms with van der Waals surface area (Å²) in [5.74, 6) is 7.08. The number of nitrogens with one attached hydrogen (secondary N) is 15. The molecule has 11 heterocycles. The fraction of sp³-hybridized carbons (Fsp3) is 0.275. The van der Waals surface area contributed by atoms with Crippen LogP contribution in [0.3, 0.4) is 0 Å². The molecule has 702 valence electrons. The first-order valence-electron chi connectivity index (χ1n) is 47.2. The number of imidazole rings is 8. The Morgan fingerprint density at radius 2 is 0.613 bits per heavy atom. The van der Waals surface area contributed by atoms with E-state index in [2.05, 4.69) is 297 Å². The number of carbonyl (C=O) groups excluding carboxylic acids is 1. The number of rotatable bonds is 28. The van der Waals surface area contributed by atoms with Gasteiger partial charge in [-0.15, -0.1) is 0 Å². The lowest BCUT2D eigenvalue weighted by molar-refractivity contribution is -0.140. The van der Waals surface area contributed by atoms with Crippen molar-refractivity contribution in [2.75, 3.05) is 54.9 Å². The maximum Gasteiger partial charge on any atom is 0.433 e. The number of aromatic amines is 8. The molecule has 20 rings (SSSR count). The van der Waals surface area contributed by atoms with Crippen LogP contribution in [0, 0.1) is 0 Å². The third kappa shape index (κ3) is 22.6. The molecule has 3 aliphatic rings. The lowest BCUT2D eigenvalue weighted by Crippen LogP contribution is -2.31. The standard InChI is InChI=1S/C34H36N6O.C26H27F3N6.C25H28N6.C24H28N6/c1-23(35-2)33-36-21-29(38-33)27-15-11-25(12-16-27)26-13-17-28(18-14-26)30-22-37-34(39-30)31-9-6-20-40(31)32(41)19-10-24-7-4-3-5-8-24;1-15(30-2)24-32-14-21(33-24)18-9-5-16(6-10-18)17-7-11-19(12-8-17)22-23(26(27,28)29)35-25(34-22)20-4-3-13-31-20;1-16(26-2)24-28-14-22(30-24)19-9-5-17(6-10-19)18-7-11-20(12-8-18)23-15-29-25(31-23)21-4-3-13-27-21;1-15(25-3)23-27-13-21(29-23)19-9-5-17(6-10-19)18-7-11-20(12-8-18)22-14-28-24(30-22)16(2)26-4/h3-5,7-8,11-18,21-23,31,35H,6,9-10,19-20H2,1-2H3,(H,36,38)(H,37,39);5-12,14-15,20,30-31H,3-4,13H2,1-2H3,(H,32,33)(H,34,35);5-12,14-16,21,26-27H,3-4,13H2,1-2H3,(H,28,30)(H,29,31);5-16,25-26H,1-4H3,(H,27,29)(H,28,30)/t23-,31-;15-,20-;16-,21-;15-,16-/m0000/s1. The summed E-state index contributed by atoms with van der Waals surface area (Å²) in [7, 11) is 9.61. The molecule has 15 N–H and O–H groups in total. The molecule has 17 aromatic rings. The minimum Gasteiger partial charge on any atom is -0.341 e. The van der Waals surface area contributed by atoms with Crippen LogP contribution in [0.25, 0.3) is 135 Å². The van der Waals surface area contributed by atoms with Crippen LogP contribution in [0.4, 0.5) is 13.2 Å². The summed E-state index contributed by atoms with van der Waals surface area (Å²) in [6.45, 7) is 13.0. The quantitative estimate of drug-likeness (QED) is 0.0217. The Kier molecular flexibility index (Phi) is 30.0. The number of aryl methyl sites for hydroxylation is 1. The van der Waals surface area contributed by atoms with E-state index in [1.165, 1.54) is 34.2 Å². The smallest absolute Gasteiger partial charge is 0.341 e. The van der Waals surface area contributed by atoms with Crippen molar-refractivity contribution in [2.45, 2.75) is 140 Å². The lowest BCUT2D eigenvalue weighted by Gasteiger charge is -2.23. The SMILES string of the molecule is CN[C@@H](C)c1ncc(-c2ccc(-c3ccc(-c4cnc([C@@H]5CCCN5)[nH]4)cc3)cc2)[nH]1.CN[C@@H](C)c1ncc(-c2ccc(-c3ccc(-c4cnc([C@@H]5CCCN5C(=O)CCc5ccccc5)[nH]4)cc3)cc2)[nH]1.CN[C@@H](C)c1ncc(-c2ccc(-c3ccc(-c4cnc([C@H](C)NC)[nH]4)cc3)cc2)[nH]1.CN[C@@H](C)c1ncc(-c2ccc(-c3ccc(-c4nc([C@@H]5CCCN5)[nH]c4C(F)(F)F)cc3)cc2)[nH]1. The molecule has 8 atom stereocenters. The molecule has 28 heteroatoms. The molecule has 3 aliphatic heterocycles. The van der Waals surface area contributed by atoms with E-state index >= 15 is 0 Å². The number of amides is 1. The second-order valence-electron chi connectivity index (χ2n) is 35.3. The van der Waals surface area contributed by atoms with E-state index in [1.54, 1.807) is 12.1 Å². The zero-order chi connectivity index (χ0) is 95.1. The first kappa shape index (κ1) is 94.4. The second kappa shape index (κ2) is 43.5. The van der Waals surface area contributed by atoms with Crippen molar-refractivity contribution in [3.8, 4) is 135 Å². The van der Waals surface area contributed by atoms with Gasteiger partial charge in [-0.2, -0.15) is 13.2 Å². The second-order valence-corrected chi connectivity index (χ2v) is 35.3. The maximum atomic E-state index is 13.7. The Hall–Kier alpha value is -14.4. The van der Waals surface area contributed by atoms with Crippen LogP contribution in [-0.2, 0) is 17.4 Å². The van der Waals surface area contributed by atoms with Crippen molar-refractivity contribution in [1.29, 1.82) is 0 Å². The Morgan fingerprint density at radius 1 is 0.336 bits per heavy atom. The van der Waals surface area contributed by atoms with Gasteiger partial charge in [-0.1, -0.05) is 224 Å². The molecular formula is C109H119F3N24O. The van der Waals surface area contributed by atoms with Gasteiger partial charge < -0.3 is 82.0 Å². The summed E-state index contributed by atoms with van der Waals surface area (Å²) in [6, 6.07) is 77.8. The Balaban J connectivity index is 0.000000128. The third-order valence-electron chi connectivity index (χ3n) is 26.4. The lowest BCUT2D eigenvalue weighted by atomic mass is 10.0. The largest absolute Gasteiger partial charge is 0.433 e. The zero-order valence-corrected chi connectivity index (χ0v) is 78.9. The third-order valence-corrected chi connectivity index (χ3v) is 26.4. The van der Waals surface area contributed by atoms with Crippen molar-refractivity contribution < 1.29 is 18.0 Å². The molecule has 0 unspecified atom stereocenters. The normalized spacial score (nSPS) is 15.9. The molecule has 0 spiro atoms. The molecule has 0 bridgehead atoms. The highest BCUT2D eigenvalue weighted by atomic mass is 19.4. The first-order chi connectivity index (χ1) is 66.7. The predicted octanol–water partition coefficient (Wildman–Crippen LogP) is 22.1. The van der Waals surface area contributed by atoms with Gasteiger partial charge in [0.2, 0.25) is 5.91 Å². The summed E-state index contributed by atoms with van der Waals surface area (Å²) in [6.07, 6.45) is 16.0. The highest BCUT2D eigenvalue weighted by Crippen LogP contribution is 2.41. The average Bonchev–Trinajstić information content (AvgIpc) is 1.62. The summed E-state index contributed by atoms with van der Waals surface area (Å²) in [5, 5.41) is 22.7. The molecule has 25 nitrogen and oxygen atoms in total. The van der Waals surface area contributed by atoms with Gasteiger partial charge in [0, 0.05) is 18.5 Å². The number of hydrogen-bond donors (Lipinski definition) is 15. The molecule has 3 saturated heterocycles. The molecule has 0 radical (unpaired) electrons. The molecule has 8 aromatic heterocycles. The van der Waals surface area contributed by atoms with E-state index in [1.807, 2.05) is 145 Å². The van der Waals surface area contributed by atoms with Gasteiger partial charge >= 0.3 is 6.18 Å². The number of halogens is 3. The van der Waals surface area contributed by atoms with Gasteiger partial charge in [0.1, 0.15) is 58.0 Å². The van der Waals surface area contributed by atoms with Crippen LogP contribution >= 0.6 is 0 Å². The minimum atomic E-state index is -4.51. The number of aromatic nitrogens is 16. The average molecular weight is 1840 g/mol. The molecule has 1 amide bonds. The van der Waals surface area contributed by atoms with Crippen molar-refractivity contribution in [2.24, 2.45) is 0 Å². The molecular weight excluding hydrogens is 1720 g/mol. The van der Waals surface area contributed by atoms with Crippen LogP contribution in [-0.4, -0.2) is 145 Å². The number of alkyl halides is 3. The van der Waals surface area contributed by atoms with Crippen LogP contribution < -0.4 is 37.2 Å². The summed E-state index contributed by atoms with van der Waals surface area (Å²) >= 11 is 0. The van der Waals surface area contributed by atoms with Gasteiger partial charge in [0.05, 0.1) is 132 Å². The number of nitrogens with zero attached hydrogens (tertiary/aromatic N) is 9. The predicted molar refractivity (Wildman–Crippen MR) is 539 cm³/mol. The number of H-pyrrole nitrogens is 8. The van der Waals surface area contributed by atoms with Crippen molar-refractivity contribution in [1.82, 2.24) is 122 Å². The van der Waals surface area contributed by atoms with Crippen LogP contribution in [0.15, 0.2) is 268 Å². The van der Waals surface area contributed by atoms with Gasteiger partial charge in [-0.3, -0.25) is 4.79 Å². The van der Waals surface area contributed by atoms with Crippen LogP contribution in [0.2, 0.25) is 0 Å².